The van der Waals surface area contributed by atoms with Gasteiger partial charge < -0.3 is 14.9 Å². The summed E-state index contributed by atoms with van der Waals surface area (Å²) in [5.74, 6) is -1.02. The molecule has 2 rings (SSSR count). The average Bonchev–Trinajstić information content (AvgIpc) is 2.37. The zero-order chi connectivity index (χ0) is 13.3. The summed E-state index contributed by atoms with van der Waals surface area (Å²) in [6.45, 7) is 0. The Hall–Kier alpha value is -1.62. The number of hydrogen-bond acceptors (Lipinski definition) is 3. The van der Waals surface area contributed by atoms with Crippen LogP contribution in [0.1, 0.15) is 24.0 Å². The van der Waals surface area contributed by atoms with Gasteiger partial charge in [-0.05, 0) is 42.5 Å². The van der Waals surface area contributed by atoms with Crippen LogP contribution in [-0.2, 0) is 16.8 Å². The standard InChI is InChI=1S/C13H15FO4/c1-18-9-4-5-10-8(7-9)3-2-6-13(10,17)11(14)12(15)16/h4-5,7,11,17H,2-3,6H2,1H3,(H,15,16). The van der Waals surface area contributed by atoms with Crippen LogP contribution >= 0.6 is 0 Å². The fraction of sp³-hybridized carbons (Fsp3) is 0.462. The third-order valence-corrected chi connectivity index (χ3v) is 3.42. The number of carboxylic acids is 1. The highest BCUT2D eigenvalue weighted by Crippen LogP contribution is 2.40. The van der Waals surface area contributed by atoms with E-state index in [1.807, 2.05) is 0 Å². The van der Waals surface area contributed by atoms with Gasteiger partial charge in [0.2, 0.25) is 6.17 Å². The molecule has 1 aromatic carbocycles. The van der Waals surface area contributed by atoms with Crippen LogP contribution in [0.25, 0.3) is 0 Å². The quantitative estimate of drug-likeness (QED) is 0.860. The first-order valence-corrected chi connectivity index (χ1v) is 5.75. The summed E-state index contributed by atoms with van der Waals surface area (Å²) in [5, 5.41) is 19.1. The zero-order valence-electron chi connectivity index (χ0n) is 10.0. The lowest BCUT2D eigenvalue weighted by molar-refractivity contribution is -0.156. The zero-order valence-corrected chi connectivity index (χ0v) is 10.0. The molecule has 0 heterocycles. The molecule has 0 amide bonds. The third kappa shape index (κ3) is 1.95. The van der Waals surface area contributed by atoms with Crippen molar-refractivity contribution in [1.29, 1.82) is 0 Å². The molecule has 0 fully saturated rings. The third-order valence-electron chi connectivity index (χ3n) is 3.42. The monoisotopic (exact) mass is 254 g/mol. The molecule has 1 aliphatic carbocycles. The van der Waals surface area contributed by atoms with Gasteiger partial charge in [0.15, 0.2) is 0 Å². The first-order valence-electron chi connectivity index (χ1n) is 5.75. The Kier molecular flexibility index (Phi) is 3.26. The van der Waals surface area contributed by atoms with E-state index in [0.717, 1.165) is 5.56 Å². The second kappa shape index (κ2) is 4.57. The second-order valence-corrected chi connectivity index (χ2v) is 4.50. The highest BCUT2D eigenvalue weighted by atomic mass is 19.1. The second-order valence-electron chi connectivity index (χ2n) is 4.50. The number of fused-ring (bicyclic) bond motifs is 1. The Morgan fingerprint density at radius 3 is 2.89 bits per heavy atom. The number of carbonyl (C=O) groups is 1. The maximum atomic E-state index is 13.8. The predicted octanol–water partition coefficient (Wildman–Crippen LogP) is 1.64. The van der Waals surface area contributed by atoms with Gasteiger partial charge in [0, 0.05) is 0 Å². The molecule has 4 nitrogen and oxygen atoms in total. The van der Waals surface area contributed by atoms with Crippen LogP contribution in [0, 0.1) is 0 Å². The van der Waals surface area contributed by atoms with E-state index in [1.165, 1.54) is 7.11 Å². The van der Waals surface area contributed by atoms with E-state index in [9.17, 15) is 14.3 Å². The lowest BCUT2D eigenvalue weighted by atomic mass is 9.76. The van der Waals surface area contributed by atoms with Gasteiger partial charge in [-0.25, -0.2) is 9.18 Å². The molecule has 0 radical (unpaired) electrons. The number of benzene rings is 1. The van der Waals surface area contributed by atoms with Gasteiger partial charge in [-0.15, -0.1) is 0 Å². The van der Waals surface area contributed by atoms with Crippen molar-refractivity contribution in [2.45, 2.75) is 31.0 Å². The van der Waals surface area contributed by atoms with Gasteiger partial charge in [0.05, 0.1) is 7.11 Å². The molecular formula is C13H15FO4. The molecule has 1 aromatic rings. The van der Waals surface area contributed by atoms with E-state index in [2.05, 4.69) is 0 Å². The lowest BCUT2D eigenvalue weighted by Gasteiger charge is -2.35. The van der Waals surface area contributed by atoms with Crippen LogP contribution in [-0.4, -0.2) is 29.5 Å². The smallest absolute Gasteiger partial charge is 0.341 e. The average molecular weight is 254 g/mol. The molecule has 1 aliphatic rings. The molecule has 2 N–H and O–H groups in total. The maximum absolute atomic E-state index is 13.8. The molecule has 2 atom stereocenters. The topological polar surface area (TPSA) is 66.8 Å². The van der Waals surface area contributed by atoms with Crippen LogP contribution in [0.4, 0.5) is 4.39 Å². The number of carboxylic acid groups (broad SMARTS) is 1. The van der Waals surface area contributed by atoms with Crippen molar-refractivity contribution >= 4 is 5.97 Å². The SMILES string of the molecule is COc1ccc2c(c1)CCCC2(O)C(F)C(=O)O. The van der Waals surface area contributed by atoms with Crippen LogP contribution in [0.5, 0.6) is 5.75 Å². The molecule has 98 valence electrons. The molecular weight excluding hydrogens is 239 g/mol. The van der Waals surface area contributed by atoms with Gasteiger partial charge in [0.1, 0.15) is 11.4 Å². The minimum atomic E-state index is -2.31. The maximum Gasteiger partial charge on any atom is 0.341 e. The van der Waals surface area contributed by atoms with E-state index in [0.29, 0.717) is 24.2 Å². The summed E-state index contributed by atoms with van der Waals surface area (Å²) in [4.78, 5) is 10.8. The van der Waals surface area contributed by atoms with Crippen LogP contribution in [0.2, 0.25) is 0 Å². The number of aliphatic carboxylic acids is 1. The van der Waals surface area contributed by atoms with Crippen molar-refractivity contribution in [3.63, 3.8) is 0 Å². The van der Waals surface area contributed by atoms with Gasteiger partial charge in [-0.1, -0.05) is 6.07 Å². The first-order chi connectivity index (χ1) is 8.49. The Labute approximate surface area is 104 Å². The van der Waals surface area contributed by atoms with Crippen LogP contribution in [0.3, 0.4) is 0 Å². The van der Waals surface area contributed by atoms with Crippen molar-refractivity contribution in [2.75, 3.05) is 7.11 Å². The number of rotatable bonds is 3. The summed E-state index contributed by atoms with van der Waals surface area (Å²) >= 11 is 0. The minimum absolute atomic E-state index is 0.111. The summed E-state index contributed by atoms with van der Waals surface area (Å²) in [7, 11) is 1.52. The number of aryl methyl sites for hydroxylation is 1. The van der Waals surface area contributed by atoms with Crippen molar-refractivity contribution in [1.82, 2.24) is 0 Å². The molecule has 18 heavy (non-hydrogen) atoms. The molecule has 0 aliphatic heterocycles. The molecule has 0 bridgehead atoms. The van der Waals surface area contributed by atoms with E-state index >= 15 is 0 Å². The van der Waals surface area contributed by atoms with Crippen LogP contribution in [0.15, 0.2) is 18.2 Å². The number of alkyl halides is 1. The Bertz CT molecular complexity index is 474. The number of methoxy groups -OCH3 is 1. The summed E-state index contributed by atoms with van der Waals surface area (Å²) < 4.78 is 18.8. The highest BCUT2D eigenvalue weighted by Gasteiger charge is 2.46. The van der Waals surface area contributed by atoms with E-state index in [1.54, 1.807) is 18.2 Å². The number of aliphatic hydroxyl groups is 1. The van der Waals surface area contributed by atoms with Gasteiger partial charge in [-0.2, -0.15) is 0 Å². The fourth-order valence-corrected chi connectivity index (χ4v) is 2.48. The predicted molar refractivity (Wildman–Crippen MR) is 62.4 cm³/mol. The van der Waals surface area contributed by atoms with Gasteiger partial charge in [-0.3, -0.25) is 0 Å². The lowest BCUT2D eigenvalue weighted by Crippen LogP contribution is -2.44. The summed E-state index contributed by atoms with van der Waals surface area (Å²) in [6.07, 6.45) is -0.976. The molecule has 2 unspecified atom stereocenters. The molecule has 0 spiro atoms. The first kappa shape index (κ1) is 12.8. The molecule has 0 saturated carbocycles. The van der Waals surface area contributed by atoms with Crippen molar-refractivity contribution < 1.29 is 24.1 Å². The fourth-order valence-electron chi connectivity index (χ4n) is 2.48. The van der Waals surface area contributed by atoms with Crippen molar-refractivity contribution in [3.05, 3.63) is 29.3 Å². The van der Waals surface area contributed by atoms with E-state index in [-0.39, 0.29) is 6.42 Å². The van der Waals surface area contributed by atoms with Gasteiger partial charge >= 0.3 is 5.97 Å². The largest absolute Gasteiger partial charge is 0.497 e. The summed E-state index contributed by atoms with van der Waals surface area (Å²) in [6, 6.07) is 4.86. The van der Waals surface area contributed by atoms with Gasteiger partial charge in [0.25, 0.3) is 0 Å². The van der Waals surface area contributed by atoms with E-state index in [4.69, 9.17) is 9.84 Å². The number of hydrogen-bond donors (Lipinski definition) is 2. The highest BCUT2D eigenvalue weighted by molar-refractivity contribution is 5.74. The Morgan fingerprint density at radius 2 is 2.28 bits per heavy atom. The summed E-state index contributed by atoms with van der Waals surface area (Å²) in [5.41, 5.74) is -0.845. The Balaban J connectivity index is 2.47. The normalized spacial score (nSPS) is 24.2. The molecule has 0 aromatic heterocycles. The minimum Gasteiger partial charge on any atom is -0.497 e. The van der Waals surface area contributed by atoms with E-state index < -0.39 is 17.7 Å². The van der Waals surface area contributed by atoms with Crippen LogP contribution < -0.4 is 4.74 Å². The Morgan fingerprint density at radius 1 is 1.56 bits per heavy atom. The number of halogens is 1. The molecule has 0 saturated heterocycles. The number of ether oxygens (including phenoxy) is 1. The molecule has 5 heteroatoms. The van der Waals surface area contributed by atoms with Crippen molar-refractivity contribution in [2.24, 2.45) is 0 Å². The van der Waals surface area contributed by atoms with Crippen molar-refractivity contribution in [3.8, 4) is 5.75 Å².